The molecule has 1 saturated heterocycles. The Morgan fingerprint density at radius 1 is 1.24 bits per heavy atom. The Balaban J connectivity index is 1.55. The first-order valence-electron chi connectivity index (χ1n) is 8.86. The topological polar surface area (TPSA) is 59.4 Å². The smallest absolute Gasteiger partial charge is 0.253 e. The summed E-state index contributed by atoms with van der Waals surface area (Å²) in [5.74, 6) is -0.0181. The van der Waals surface area contributed by atoms with Crippen molar-refractivity contribution < 1.29 is 9.53 Å². The summed E-state index contributed by atoms with van der Waals surface area (Å²) < 4.78 is 7.39. The minimum absolute atomic E-state index is 0.0181. The summed E-state index contributed by atoms with van der Waals surface area (Å²) in [4.78, 5) is 14.8. The number of carbonyl (C=O) groups excluding carboxylic acids is 1. The van der Waals surface area contributed by atoms with Crippen LogP contribution < -0.4 is 10.2 Å². The molecule has 0 saturated carbocycles. The lowest BCUT2D eigenvalue weighted by atomic mass is 10.1. The number of rotatable bonds is 6. The van der Waals surface area contributed by atoms with Crippen molar-refractivity contribution in [1.29, 1.82) is 0 Å². The molecule has 25 heavy (non-hydrogen) atoms. The van der Waals surface area contributed by atoms with E-state index < -0.39 is 0 Å². The van der Waals surface area contributed by atoms with Gasteiger partial charge in [0.15, 0.2) is 0 Å². The zero-order valence-corrected chi connectivity index (χ0v) is 15.0. The fraction of sp³-hybridized carbons (Fsp3) is 0.474. The van der Waals surface area contributed by atoms with Gasteiger partial charge in [-0.25, -0.2) is 0 Å². The van der Waals surface area contributed by atoms with Crippen LogP contribution in [0.2, 0.25) is 0 Å². The standard InChI is InChI=1S/C19H26N4O2/c1-15-14-16(2)23(21-15)9-5-8-20-19(24)17-6-3-4-7-18(17)22-10-12-25-13-11-22/h3-4,6-7,14H,5,8-13H2,1-2H3,(H,20,24). The zero-order valence-electron chi connectivity index (χ0n) is 15.0. The molecular formula is C19H26N4O2. The Labute approximate surface area is 148 Å². The Bertz CT molecular complexity index is 720. The van der Waals surface area contributed by atoms with Crippen LogP contribution in [-0.2, 0) is 11.3 Å². The Kier molecular flexibility index (Phi) is 5.71. The second kappa shape index (κ2) is 8.16. The van der Waals surface area contributed by atoms with Gasteiger partial charge in [-0.3, -0.25) is 9.48 Å². The molecule has 0 spiro atoms. The van der Waals surface area contributed by atoms with Crippen molar-refractivity contribution in [2.75, 3.05) is 37.7 Å². The summed E-state index contributed by atoms with van der Waals surface area (Å²) >= 11 is 0. The number of amides is 1. The van der Waals surface area contributed by atoms with Gasteiger partial charge in [-0.2, -0.15) is 5.10 Å². The van der Waals surface area contributed by atoms with Crippen molar-refractivity contribution in [2.24, 2.45) is 0 Å². The molecule has 0 aliphatic carbocycles. The largest absolute Gasteiger partial charge is 0.378 e. The van der Waals surface area contributed by atoms with Crippen LogP contribution in [0.3, 0.4) is 0 Å². The van der Waals surface area contributed by atoms with Gasteiger partial charge in [0.2, 0.25) is 0 Å². The minimum Gasteiger partial charge on any atom is -0.378 e. The van der Waals surface area contributed by atoms with E-state index in [-0.39, 0.29) is 5.91 Å². The lowest BCUT2D eigenvalue weighted by molar-refractivity contribution is 0.0951. The van der Waals surface area contributed by atoms with Crippen LogP contribution >= 0.6 is 0 Å². The Hall–Kier alpha value is -2.34. The number of aromatic nitrogens is 2. The third-order valence-corrected chi connectivity index (χ3v) is 4.44. The molecule has 3 rings (SSSR count). The maximum atomic E-state index is 12.6. The Morgan fingerprint density at radius 3 is 2.72 bits per heavy atom. The molecule has 1 N–H and O–H groups in total. The second-order valence-electron chi connectivity index (χ2n) is 6.38. The number of hydrogen-bond donors (Lipinski definition) is 1. The molecule has 2 heterocycles. The van der Waals surface area contributed by atoms with Crippen molar-refractivity contribution in [3.63, 3.8) is 0 Å². The van der Waals surface area contributed by atoms with E-state index in [2.05, 4.69) is 28.3 Å². The van der Waals surface area contributed by atoms with Gasteiger partial charge in [0, 0.05) is 37.6 Å². The maximum absolute atomic E-state index is 12.6. The summed E-state index contributed by atoms with van der Waals surface area (Å²) in [5.41, 5.74) is 3.90. The Morgan fingerprint density at radius 2 is 2.00 bits per heavy atom. The number of nitrogens with zero attached hydrogens (tertiary/aromatic N) is 3. The predicted molar refractivity (Wildman–Crippen MR) is 98.1 cm³/mol. The number of carbonyl (C=O) groups is 1. The number of para-hydroxylation sites is 1. The van der Waals surface area contributed by atoms with E-state index in [4.69, 9.17) is 4.74 Å². The first-order valence-corrected chi connectivity index (χ1v) is 8.86. The molecule has 6 nitrogen and oxygen atoms in total. The van der Waals surface area contributed by atoms with Gasteiger partial charge in [0.1, 0.15) is 0 Å². The fourth-order valence-electron chi connectivity index (χ4n) is 3.17. The first kappa shape index (κ1) is 17.5. The lowest BCUT2D eigenvalue weighted by Gasteiger charge is -2.30. The molecule has 0 atom stereocenters. The summed E-state index contributed by atoms with van der Waals surface area (Å²) in [7, 11) is 0. The van der Waals surface area contributed by atoms with Gasteiger partial charge in [-0.05, 0) is 38.5 Å². The van der Waals surface area contributed by atoms with E-state index in [0.717, 1.165) is 48.7 Å². The zero-order chi connectivity index (χ0) is 17.6. The van der Waals surface area contributed by atoms with Crippen molar-refractivity contribution in [3.8, 4) is 0 Å². The molecule has 6 heteroatoms. The van der Waals surface area contributed by atoms with E-state index in [1.165, 1.54) is 0 Å². The number of anilines is 1. The van der Waals surface area contributed by atoms with Crippen molar-refractivity contribution >= 4 is 11.6 Å². The molecule has 1 aliphatic heterocycles. The van der Waals surface area contributed by atoms with E-state index in [9.17, 15) is 4.79 Å². The van der Waals surface area contributed by atoms with E-state index in [1.807, 2.05) is 35.9 Å². The summed E-state index contributed by atoms with van der Waals surface area (Å²) in [6, 6.07) is 9.85. The molecule has 0 radical (unpaired) electrons. The molecule has 134 valence electrons. The fourth-order valence-corrected chi connectivity index (χ4v) is 3.17. The van der Waals surface area contributed by atoms with Crippen LogP contribution in [0.5, 0.6) is 0 Å². The highest BCUT2D eigenvalue weighted by molar-refractivity contribution is 5.99. The summed E-state index contributed by atoms with van der Waals surface area (Å²) in [6.45, 7) is 8.55. The van der Waals surface area contributed by atoms with Crippen LogP contribution in [-0.4, -0.2) is 48.5 Å². The van der Waals surface area contributed by atoms with Crippen LogP contribution in [0, 0.1) is 13.8 Å². The highest BCUT2D eigenvalue weighted by Crippen LogP contribution is 2.21. The number of aryl methyl sites for hydroxylation is 3. The number of hydrogen-bond acceptors (Lipinski definition) is 4. The average Bonchev–Trinajstić information content (AvgIpc) is 2.96. The molecule has 0 unspecified atom stereocenters. The summed E-state index contributed by atoms with van der Waals surface area (Å²) in [5, 5.41) is 7.48. The monoisotopic (exact) mass is 342 g/mol. The maximum Gasteiger partial charge on any atom is 0.253 e. The number of ether oxygens (including phenoxy) is 1. The van der Waals surface area contributed by atoms with Gasteiger partial charge < -0.3 is 15.0 Å². The molecule has 0 bridgehead atoms. The third kappa shape index (κ3) is 4.39. The highest BCUT2D eigenvalue weighted by atomic mass is 16.5. The van der Waals surface area contributed by atoms with Crippen LogP contribution in [0.15, 0.2) is 30.3 Å². The minimum atomic E-state index is -0.0181. The first-order chi connectivity index (χ1) is 12.1. The predicted octanol–water partition coefficient (Wildman–Crippen LogP) is 2.16. The van der Waals surface area contributed by atoms with Gasteiger partial charge in [-0.15, -0.1) is 0 Å². The molecule has 1 aliphatic rings. The molecule has 1 amide bonds. The summed E-state index contributed by atoms with van der Waals surface area (Å²) in [6.07, 6.45) is 0.855. The molecule has 1 aromatic carbocycles. The van der Waals surface area contributed by atoms with Crippen LogP contribution in [0.4, 0.5) is 5.69 Å². The van der Waals surface area contributed by atoms with Crippen LogP contribution in [0.1, 0.15) is 28.2 Å². The average molecular weight is 342 g/mol. The van der Waals surface area contributed by atoms with E-state index in [0.29, 0.717) is 19.8 Å². The molecule has 1 aromatic heterocycles. The van der Waals surface area contributed by atoms with Crippen LogP contribution in [0.25, 0.3) is 0 Å². The highest BCUT2D eigenvalue weighted by Gasteiger charge is 2.18. The van der Waals surface area contributed by atoms with E-state index >= 15 is 0 Å². The SMILES string of the molecule is Cc1cc(C)n(CCCNC(=O)c2ccccc2N2CCOCC2)n1. The number of benzene rings is 1. The third-order valence-electron chi connectivity index (χ3n) is 4.44. The van der Waals surface area contributed by atoms with Gasteiger partial charge >= 0.3 is 0 Å². The van der Waals surface area contributed by atoms with Crippen molar-refractivity contribution in [2.45, 2.75) is 26.8 Å². The molecule has 1 fully saturated rings. The van der Waals surface area contributed by atoms with Crippen molar-refractivity contribution in [1.82, 2.24) is 15.1 Å². The van der Waals surface area contributed by atoms with E-state index in [1.54, 1.807) is 0 Å². The van der Waals surface area contributed by atoms with Crippen molar-refractivity contribution in [3.05, 3.63) is 47.3 Å². The van der Waals surface area contributed by atoms with Gasteiger partial charge in [0.25, 0.3) is 5.91 Å². The molecule has 2 aromatic rings. The second-order valence-corrected chi connectivity index (χ2v) is 6.38. The number of morpholine rings is 1. The quantitative estimate of drug-likeness (QED) is 0.817. The van der Waals surface area contributed by atoms with Gasteiger partial charge in [0.05, 0.1) is 24.5 Å². The normalized spacial score (nSPS) is 14.6. The van der Waals surface area contributed by atoms with Gasteiger partial charge in [-0.1, -0.05) is 12.1 Å². The lowest BCUT2D eigenvalue weighted by Crippen LogP contribution is -2.38. The molecular weight excluding hydrogens is 316 g/mol. The number of nitrogens with one attached hydrogen (secondary N) is 1.